The molecule has 0 atom stereocenters. The fraction of sp³-hybridized carbons (Fsp3) is 0.157. The number of pyridine rings is 1. The Morgan fingerprint density at radius 3 is 1.11 bits per heavy atom. The Labute approximate surface area is 320 Å². The van der Waals surface area contributed by atoms with E-state index < -0.39 is 0 Å². The Balaban J connectivity index is 1.46. The Morgan fingerprint density at radius 1 is 0.407 bits per heavy atom. The van der Waals surface area contributed by atoms with Crippen LogP contribution >= 0.6 is 0 Å². The van der Waals surface area contributed by atoms with Crippen molar-refractivity contribution < 1.29 is 0 Å². The lowest BCUT2D eigenvalue weighted by molar-refractivity contribution is 0.933. The van der Waals surface area contributed by atoms with Crippen LogP contribution in [0.2, 0.25) is 0 Å². The third-order valence-electron chi connectivity index (χ3n) is 10.2. The maximum absolute atomic E-state index is 5.65. The summed E-state index contributed by atoms with van der Waals surface area (Å²) in [6.07, 6.45) is 0. The monoisotopic (exact) mass is 701 g/mol. The zero-order valence-electron chi connectivity index (χ0n) is 32.1. The van der Waals surface area contributed by atoms with Crippen molar-refractivity contribution in [2.24, 2.45) is 9.98 Å². The van der Waals surface area contributed by atoms with E-state index in [-0.39, 0.29) is 11.8 Å². The summed E-state index contributed by atoms with van der Waals surface area (Å²) < 4.78 is 0. The maximum atomic E-state index is 5.65. The summed E-state index contributed by atoms with van der Waals surface area (Å²) in [7, 11) is 0. The molecular formula is C51H47N3. The Hall–Kier alpha value is -6.19. The molecule has 6 aromatic carbocycles. The van der Waals surface area contributed by atoms with Crippen LogP contribution in [0.5, 0.6) is 0 Å². The number of benzene rings is 6. The highest BCUT2D eigenvalue weighted by Crippen LogP contribution is 2.45. The van der Waals surface area contributed by atoms with Gasteiger partial charge in [0.15, 0.2) is 0 Å². The first-order valence-corrected chi connectivity index (χ1v) is 18.8. The predicted octanol–water partition coefficient (Wildman–Crippen LogP) is 13.0. The first-order valence-electron chi connectivity index (χ1n) is 18.8. The lowest BCUT2D eigenvalue weighted by Gasteiger charge is -2.27. The number of rotatable bonds is 10. The van der Waals surface area contributed by atoms with Crippen LogP contribution in [0.25, 0.3) is 0 Å². The third kappa shape index (κ3) is 7.91. The van der Waals surface area contributed by atoms with Crippen molar-refractivity contribution >= 4 is 22.8 Å². The molecule has 266 valence electrons. The molecule has 7 rings (SSSR count). The number of aromatic nitrogens is 1. The van der Waals surface area contributed by atoms with Crippen molar-refractivity contribution in [1.82, 2.24) is 4.98 Å². The fourth-order valence-electron chi connectivity index (χ4n) is 7.73. The van der Waals surface area contributed by atoms with E-state index in [0.717, 1.165) is 56.4 Å². The van der Waals surface area contributed by atoms with Gasteiger partial charge in [0.1, 0.15) is 0 Å². The summed E-state index contributed by atoms with van der Waals surface area (Å²) in [5, 5.41) is 0. The molecule has 1 aromatic heterocycles. The highest BCUT2D eigenvalue weighted by atomic mass is 14.8. The lowest BCUT2D eigenvalue weighted by atomic mass is 9.78. The van der Waals surface area contributed by atoms with Crippen molar-refractivity contribution in [1.29, 1.82) is 0 Å². The minimum atomic E-state index is -0.0422. The van der Waals surface area contributed by atoms with Gasteiger partial charge in [-0.3, -0.25) is 9.98 Å². The van der Waals surface area contributed by atoms with Crippen LogP contribution in [0.1, 0.15) is 92.7 Å². The minimum Gasteiger partial charge on any atom is -0.251 e. The molecule has 3 heteroatoms. The molecule has 0 saturated carbocycles. The van der Waals surface area contributed by atoms with Crippen LogP contribution in [-0.4, -0.2) is 16.4 Å². The van der Waals surface area contributed by atoms with Crippen LogP contribution in [0.3, 0.4) is 0 Å². The summed E-state index contributed by atoms with van der Waals surface area (Å²) in [5.41, 5.74) is 17.3. The van der Waals surface area contributed by atoms with Crippen LogP contribution in [0.15, 0.2) is 174 Å². The smallest absolute Gasteiger partial charge is 0.0849 e. The number of aryl methyl sites for hydroxylation is 4. The fourth-order valence-corrected chi connectivity index (χ4v) is 7.73. The average Bonchev–Trinajstić information content (AvgIpc) is 3.19. The summed E-state index contributed by atoms with van der Waals surface area (Å²) in [4.78, 5) is 15.9. The van der Waals surface area contributed by atoms with E-state index in [1.54, 1.807) is 0 Å². The molecule has 54 heavy (non-hydrogen) atoms. The average molecular weight is 702 g/mol. The minimum absolute atomic E-state index is 0.0422. The summed E-state index contributed by atoms with van der Waals surface area (Å²) >= 11 is 0. The van der Waals surface area contributed by atoms with Crippen LogP contribution in [0, 0.1) is 27.7 Å². The molecule has 7 aromatic rings. The summed E-state index contributed by atoms with van der Waals surface area (Å²) in [6, 6.07) is 58.5. The van der Waals surface area contributed by atoms with Crippen LogP contribution in [-0.2, 0) is 0 Å². The van der Waals surface area contributed by atoms with Gasteiger partial charge in [-0.1, -0.05) is 163 Å². The van der Waals surface area contributed by atoms with E-state index in [1.165, 1.54) is 33.4 Å². The van der Waals surface area contributed by atoms with E-state index >= 15 is 0 Å². The molecule has 0 aliphatic carbocycles. The predicted molar refractivity (Wildman–Crippen MR) is 227 cm³/mol. The molecule has 3 nitrogen and oxygen atoms in total. The lowest BCUT2D eigenvalue weighted by Crippen LogP contribution is -2.11. The SMILES string of the molecule is CC(=Nc1c(C)cc(C)cc1C)c1cccc(C(C)=Nc2c(C(c3ccccc3)c3ccccc3)cc(C)cc2C(c2ccccc2)c2ccccc2)n1. The number of hydrogen-bond acceptors (Lipinski definition) is 3. The van der Waals surface area contributed by atoms with Crippen molar-refractivity contribution in [2.45, 2.75) is 53.4 Å². The van der Waals surface area contributed by atoms with Gasteiger partial charge in [0.05, 0.1) is 34.2 Å². The van der Waals surface area contributed by atoms with E-state index in [2.05, 4.69) is 192 Å². The van der Waals surface area contributed by atoms with Gasteiger partial charge in [-0.15, -0.1) is 0 Å². The van der Waals surface area contributed by atoms with E-state index in [9.17, 15) is 0 Å². The second-order valence-corrected chi connectivity index (χ2v) is 14.4. The standard InChI is InChI=1S/C51H47N3/c1-34-30-36(3)50(37(4)31-34)52-38(5)46-28-19-29-47(54-46)39(6)53-51-44(48(40-20-11-7-12-21-40)41-22-13-8-14-23-41)32-35(2)33-45(51)49(42-24-15-9-16-25-42)43-26-17-10-18-27-43/h7-33,48-49H,1-6H3. The Bertz CT molecular complexity index is 2220. The maximum Gasteiger partial charge on any atom is 0.0849 e. The Kier molecular flexibility index (Phi) is 10.9. The number of nitrogens with zero attached hydrogens (tertiary/aromatic N) is 3. The zero-order chi connectivity index (χ0) is 37.6. The third-order valence-corrected chi connectivity index (χ3v) is 10.2. The zero-order valence-corrected chi connectivity index (χ0v) is 32.1. The second-order valence-electron chi connectivity index (χ2n) is 14.4. The van der Waals surface area contributed by atoms with Gasteiger partial charge < -0.3 is 0 Å². The summed E-state index contributed by atoms with van der Waals surface area (Å²) in [5.74, 6) is -0.0843. The molecule has 0 aliphatic heterocycles. The van der Waals surface area contributed by atoms with Crippen molar-refractivity contribution in [2.75, 3.05) is 0 Å². The molecule has 0 bridgehead atoms. The molecule has 0 saturated heterocycles. The number of hydrogen-bond donors (Lipinski definition) is 0. The highest BCUT2D eigenvalue weighted by molar-refractivity contribution is 6.02. The molecule has 0 N–H and O–H groups in total. The molecule has 0 amide bonds. The second kappa shape index (κ2) is 16.2. The van der Waals surface area contributed by atoms with Gasteiger partial charge in [-0.25, -0.2) is 4.98 Å². The van der Waals surface area contributed by atoms with Crippen LogP contribution in [0.4, 0.5) is 11.4 Å². The van der Waals surface area contributed by atoms with Crippen molar-refractivity contribution in [3.8, 4) is 0 Å². The molecule has 0 radical (unpaired) electrons. The molecular weight excluding hydrogens is 655 g/mol. The molecule has 1 heterocycles. The first kappa shape index (κ1) is 36.2. The molecule has 0 unspecified atom stereocenters. The van der Waals surface area contributed by atoms with Crippen molar-refractivity contribution in [3.05, 3.63) is 231 Å². The van der Waals surface area contributed by atoms with Gasteiger partial charge >= 0.3 is 0 Å². The van der Waals surface area contributed by atoms with Gasteiger partial charge in [0.2, 0.25) is 0 Å². The van der Waals surface area contributed by atoms with E-state index in [0.29, 0.717) is 0 Å². The van der Waals surface area contributed by atoms with Crippen molar-refractivity contribution in [3.63, 3.8) is 0 Å². The highest BCUT2D eigenvalue weighted by Gasteiger charge is 2.27. The van der Waals surface area contributed by atoms with Crippen LogP contribution < -0.4 is 0 Å². The quantitative estimate of drug-likeness (QED) is 0.103. The molecule has 0 spiro atoms. The number of aliphatic imine (C=N–C) groups is 2. The topological polar surface area (TPSA) is 37.6 Å². The molecule has 0 fully saturated rings. The van der Waals surface area contributed by atoms with Gasteiger partial charge in [0.25, 0.3) is 0 Å². The van der Waals surface area contributed by atoms with Gasteiger partial charge in [-0.05, 0) is 98.2 Å². The summed E-state index contributed by atoms with van der Waals surface area (Å²) in [6.45, 7) is 12.7. The largest absolute Gasteiger partial charge is 0.251 e. The van der Waals surface area contributed by atoms with Gasteiger partial charge in [-0.2, -0.15) is 0 Å². The normalized spacial score (nSPS) is 12.1. The van der Waals surface area contributed by atoms with E-state index in [1.807, 2.05) is 13.0 Å². The first-order chi connectivity index (χ1) is 26.3. The van der Waals surface area contributed by atoms with Gasteiger partial charge in [0, 0.05) is 11.8 Å². The Morgan fingerprint density at radius 2 is 0.741 bits per heavy atom. The molecule has 0 aliphatic rings. The van der Waals surface area contributed by atoms with E-state index in [4.69, 9.17) is 15.0 Å².